The molecule has 0 saturated carbocycles. The molecule has 2 heterocycles. The Morgan fingerprint density at radius 1 is 1.18 bits per heavy atom. The van der Waals surface area contributed by atoms with Gasteiger partial charge in [-0.15, -0.1) is 0 Å². The fraction of sp³-hybridized carbons (Fsp3) is 0.176. The lowest BCUT2D eigenvalue weighted by atomic mass is 10.1. The Labute approximate surface area is 132 Å². The molecule has 2 aromatic carbocycles. The van der Waals surface area contributed by atoms with E-state index in [9.17, 15) is 4.79 Å². The molecule has 5 heteroatoms. The zero-order valence-electron chi connectivity index (χ0n) is 11.7. The highest BCUT2D eigenvalue weighted by molar-refractivity contribution is 6.31. The quantitative estimate of drug-likeness (QED) is 0.718. The lowest BCUT2D eigenvalue weighted by Crippen LogP contribution is -2.24. The first kappa shape index (κ1) is 13.3. The van der Waals surface area contributed by atoms with Crippen LogP contribution in [0.3, 0.4) is 0 Å². The Kier molecular flexibility index (Phi) is 3.12. The summed E-state index contributed by atoms with van der Waals surface area (Å²) in [6.45, 7) is 0.587. The second-order valence-corrected chi connectivity index (χ2v) is 5.84. The Bertz CT molecular complexity index is 844. The van der Waals surface area contributed by atoms with E-state index < -0.39 is 0 Å². The van der Waals surface area contributed by atoms with Gasteiger partial charge in [0, 0.05) is 23.7 Å². The van der Waals surface area contributed by atoms with E-state index in [4.69, 9.17) is 16.0 Å². The molecule has 1 saturated heterocycles. The van der Waals surface area contributed by atoms with Crippen LogP contribution in [-0.4, -0.2) is 17.4 Å². The molecule has 1 aromatic heterocycles. The van der Waals surface area contributed by atoms with Crippen molar-refractivity contribution in [2.45, 2.75) is 12.3 Å². The van der Waals surface area contributed by atoms with E-state index >= 15 is 0 Å². The maximum absolute atomic E-state index is 12.3. The molecule has 1 aliphatic heterocycles. The third kappa shape index (κ3) is 2.25. The number of anilines is 1. The highest BCUT2D eigenvalue weighted by Gasteiger charge is 2.34. The highest BCUT2D eigenvalue weighted by Crippen LogP contribution is 2.33. The summed E-state index contributed by atoms with van der Waals surface area (Å²) in [6.07, 6.45) is 0.412. The molecule has 0 bridgehead atoms. The van der Waals surface area contributed by atoms with Crippen LogP contribution in [0, 0.1) is 0 Å². The van der Waals surface area contributed by atoms with Crippen molar-refractivity contribution in [3.8, 4) is 0 Å². The largest absolute Gasteiger partial charge is 0.440 e. The van der Waals surface area contributed by atoms with E-state index in [1.165, 1.54) is 0 Å². The summed E-state index contributed by atoms with van der Waals surface area (Å²) in [4.78, 5) is 18.5. The van der Waals surface area contributed by atoms with Crippen molar-refractivity contribution in [1.29, 1.82) is 0 Å². The van der Waals surface area contributed by atoms with Crippen LogP contribution in [0.4, 0.5) is 5.69 Å². The molecule has 3 aromatic rings. The van der Waals surface area contributed by atoms with Crippen molar-refractivity contribution in [2.75, 3.05) is 11.4 Å². The van der Waals surface area contributed by atoms with Crippen molar-refractivity contribution in [1.82, 2.24) is 4.98 Å². The number of aromatic nitrogens is 1. The van der Waals surface area contributed by atoms with Crippen LogP contribution < -0.4 is 4.90 Å². The molecular formula is C17H13ClN2O2. The van der Waals surface area contributed by atoms with Crippen molar-refractivity contribution in [3.05, 3.63) is 59.4 Å². The van der Waals surface area contributed by atoms with Crippen molar-refractivity contribution < 1.29 is 9.21 Å². The summed E-state index contributed by atoms with van der Waals surface area (Å²) in [5, 5.41) is 0.626. The first-order valence-corrected chi connectivity index (χ1v) is 7.50. The number of benzene rings is 2. The van der Waals surface area contributed by atoms with Gasteiger partial charge in [0.2, 0.25) is 11.8 Å². The predicted octanol–water partition coefficient (Wildman–Crippen LogP) is 4.00. The molecule has 0 aliphatic carbocycles. The SMILES string of the molecule is O=C1CC(c2nc3cc(Cl)ccc3o2)CN1c1ccccc1. The van der Waals surface area contributed by atoms with Crippen molar-refractivity contribution in [2.24, 2.45) is 0 Å². The second kappa shape index (κ2) is 5.14. The first-order chi connectivity index (χ1) is 10.7. The third-order valence-corrected chi connectivity index (χ3v) is 4.14. The summed E-state index contributed by atoms with van der Waals surface area (Å²) < 4.78 is 5.79. The fourth-order valence-electron chi connectivity index (χ4n) is 2.82. The van der Waals surface area contributed by atoms with Gasteiger partial charge >= 0.3 is 0 Å². The molecule has 1 amide bonds. The lowest BCUT2D eigenvalue weighted by Gasteiger charge is -2.15. The second-order valence-electron chi connectivity index (χ2n) is 5.41. The number of carbonyl (C=O) groups is 1. The number of fused-ring (bicyclic) bond motifs is 1. The molecule has 110 valence electrons. The number of hydrogen-bond acceptors (Lipinski definition) is 3. The summed E-state index contributed by atoms with van der Waals surface area (Å²) in [6, 6.07) is 15.0. The summed E-state index contributed by atoms with van der Waals surface area (Å²) in [7, 11) is 0. The zero-order chi connectivity index (χ0) is 15.1. The molecule has 0 N–H and O–H groups in total. The van der Waals surface area contributed by atoms with E-state index in [0.29, 0.717) is 29.5 Å². The maximum atomic E-state index is 12.3. The van der Waals surface area contributed by atoms with Gasteiger partial charge in [-0.1, -0.05) is 29.8 Å². The molecule has 22 heavy (non-hydrogen) atoms. The van der Waals surface area contributed by atoms with Gasteiger partial charge in [-0.05, 0) is 30.3 Å². The topological polar surface area (TPSA) is 46.3 Å². The number of oxazole rings is 1. The Morgan fingerprint density at radius 3 is 2.82 bits per heavy atom. The minimum absolute atomic E-state index is 0.0288. The molecule has 0 radical (unpaired) electrons. The Morgan fingerprint density at radius 2 is 2.00 bits per heavy atom. The monoisotopic (exact) mass is 312 g/mol. The van der Waals surface area contributed by atoms with Crippen molar-refractivity contribution >= 4 is 34.3 Å². The van der Waals surface area contributed by atoms with Crippen LogP contribution >= 0.6 is 11.6 Å². The molecule has 4 nitrogen and oxygen atoms in total. The average Bonchev–Trinajstić information content (AvgIpc) is 3.11. The number of nitrogens with zero attached hydrogens (tertiary/aromatic N) is 2. The van der Waals surface area contributed by atoms with E-state index in [-0.39, 0.29) is 11.8 Å². The molecule has 0 spiro atoms. The Balaban J connectivity index is 1.64. The molecule has 4 rings (SSSR count). The number of halogens is 1. The molecule has 1 atom stereocenters. The number of amides is 1. The summed E-state index contributed by atoms with van der Waals surface area (Å²) in [5.74, 6) is 0.666. The van der Waals surface area contributed by atoms with E-state index in [0.717, 1.165) is 11.2 Å². The Hall–Kier alpha value is -2.33. The minimum Gasteiger partial charge on any atom is -0.440 e. The lowest BCUT2D eigenvalue weighted by molar-refractivity contribution is -0.117. The standard InChI is InChI=1S/C17H13ClN2O2/c18-12-6-7-15-14(9-12)19-17(22-15)11-8-16(21)20(10-11)13-4-2-1-3-5-13/h1-7,9,11H,8,10H2. The number of rotatable bonds is 2. The van der Waals surface area contributed by atoms with Gasteiger partial charge in [-0.25, -0.2) is 4.98 Å². The zero-order valence-corrected chi connectivity index (χ0v) is 12.5. The molecular weight excluding hydrogens is 300 g/mol. The van der Waals surface area contributed by atoms with Gasteiger partial charge in [0.05, 0.1) is 5.92 Å². The molecule has 1 unspecified atom stereocenters. The number of hydrogen-bond donors (Lipinski definition) is 0. The highest BCUT2D eigenvalue weighted by atomic mass is 35.5. The van der Waals surface area contributed by atoms with Crippen LogP contribution in [0.25, 0.3) is 11.1 Å². The van der Waals surface area contributed by atoms with Gasteiger partial charge in [0.1, 0.15) is 5.52 Å². The molecule has 1 aliphatic rings. The third-order valence-electron chi connectivity index (χ3n) is 3.91. The van der Waals surface area contributed by atoms with Crippen LogP contribution in [0.5, 0.6) is 0 Å². The normalized spacial score (nSPS) is 18.3. The maximum Gasteiger partial charge on any atom is 0.227 e. The summed E-state index contributed by atoms with van der Waals surface area (Å²) in [5.41, 5.74) is 2.34. The fourth-order valence-corrected chi connectivity index (χ4v) is 2.99. The first-order valence-electron chi connectivity index (χ1n) is 7.12. The van der Waals surface area contributed by atoms with Crippen LogP contribution in [0.15, 0.2) is 52.9 Å². The minimum atomic E-state index is -0.0288. The van der Waals surface area contributed by atoms with Crippen LogP contribution in [-0.2, 0) is 4.79 Å². The van der Waals surface area contributed by atoms with Gasteiger partial charge in [-0.2, -0.15) is 0 Å². The van der Waals surface area contributed by atoms with Crippen LogP contribution in [0.1, 0.15) is 18.2 Å². The predicted molar refractivity (Wildman–Crippen MR) is 85.2 cm³/mol. The van der Waals surface area contributed by atoms with Gasteiger partial charge < -0.3 is 9.32 Å². The van der Waals surface area contributed by atoms with Crippen molar-refractivity contribution in [3.63, 3.8) is 0 Å². The van der Waals surface area contributed by atoms with E-state index in [1.54, 1.807) is 23.1 Å². The van der Waals surface area contributed by atoms with Gasteiger partial charge in [0.15, 0.2) is 5.58 Å². The van der Waals surface area contributed by atoms with Gasteiger partial charge in [0.25, 0.3) is 0 Å². The average molecular weight is 313 g/mol. The smallest absolute Gasteiger partial charge is 0.227 e. The van der Waals surface area contributed by atoms with E-state index in [1.807, 2.05) is 30.3 Å². The number of para-hydroxylation sites is 1. The van der Waals surface area contributed by atoms with Crippen LogP contribution in [0.2, 0.25) is 5.02 Å². The summed E-state index contributed by atoms with van der Waals surface area (Å²) >= 11 is 5.97. The van der Waals surface area contributed by atoms with Gasteiger partial charge in [-0.3, -0.25) is 4.79 Å². The molecule has 1 fully saturated rings. The number of carbonyl (C=O) groups excluding carboxylic acids is 1. The van der Waals surface area contributed by atoms with E-state index in [2.05, 4.69) is 4.98 Å².